The average molecular weight is 527 g/mol. The Morgan fingerprint density at radius 3 is 2.39 bits per heavy atom. The number of nitrogens with zero attached hydrogens (tertiary/aromatic N) is 4. The molecule has 38 heavy (non-hydrogen) atoms. The molecule has 0 aliphatic carbocycles. The Balaban J connectivity index is 1.62. The Labute approximate surface area is 218 Å². The highest BCUT2D eigenvalue weighted by Crippen LogP contribution is 2.44. The van der Waals surface area contributed by atoms with Crippen molar-refractivity contribution in [2.24, 2.45) is 5.41 Å². The molecule has 0 saturated carbocycles. The van der Waals surface area contributed by atoms with E-state index < -0.39 is 23.2 Å². The molecule has 2 saturated heterocycles. The van der Waals surface area contributed by atoms with E-state index in [-0.39, 0.29) is 5.78 Å². The molecule has 5 rings (SSSR count). The predicted octanol–water partition coefficient (Wildman–Crippen LogP) is 5.47. The molecule has 200 valence electrons. The number of hydrogen-bond donors (Lipinski definition) is 0. The lowest BCUT2D eigenvalue weighted by Gasteiger charge is -2.44. The predicted molar refractivity (Wildman–Crippen MR) is 137 cm³/mol. The van der Waals surface area contributed by atoms with Crippen molar-refractivity contribution in [3.05, 3.63) is 76.7 Å². The van der Waals surface area contributed by atoms with Gasteiger partial charge in [0.2, 0.25) is 0 Å². The van der Waals surface area contributed by atoms with E-state index in [1.54, 1.807) is 19.1 Å². The van der Waals surface area contributed by atoms with Crippen LogP contribution in [0.4, 0.5) is 24.8 Å². The zero-order valence-electron chi connectivity index (χ0n) is 21.5. The molecule has 7 nitrogen and oxygen atoms in total. The van der Waals surface area contributed by atoms with E-state index in [2.05, 4.69) is 10.1 Å². The first-order valence-corrected chi connectivity index (χ1v) is 12.5. The number of morpholine rings is 1. The fraction of sp³-hybridized carbons (Fsp3) is 0.393. The van der Waals surface area contributed by atoms with Crippen LogP contribution in [0.25, 0.3) is 6.08 Å². The van der Waals surface area contributed by atoms with Crippen molar-refractivity contribution in [1.82, 2.24) is 10.1 Å². The molecule has 0 amide bonds. The Morgan fingerprint density at radius 1 is 1.05 bits per heavy atom. The standard InChI is InChI=1S/C28H29F3N4O3/c1-18-15-24(33-38-18)35-17-27(2,3)26(36)22(25(35)19-7-9-20(10-8-19)28(29,30)31)16-21-5-4-6-23(32-21)34-11-13-37-14-12-34/h4-10,15-16,25H,11-14,17H2,1-3H3. The summed E-state index contributed by atoms with van der Waals surface area (Å²) >= 11 is 0. The number of rotatable bonds is 4. The molecule has 2 aliphatic rings. The van der Waals surface area contributed by atoms with Gasteiger partial charge in [0.05, 0.1) is 30.5 Å². The van der Waals surface area contributed by atoms with Crippen LogP contribution in [0.2, 0.25) is 0 Å². The summed E-state index contributed by atoms with van der Waals surface area (Å²) in [5.74, 6) is 1.78. The number of halogens is 3. The number of ketones is 1. The molecule has 3 aromatic rings. The average Bonchev–Trinajstić information content (AvgIpc) is 3.33. The van der Waals surface area contributed by atoms with E-state index in [1.807, 2.05) is 36.9 Å². The third-order valence-corrected chi connectivity index (χ3v) is 6.91. The van der Waals surface area contributed by atoms with Gasteiger partial charge in [0, 0.05) is 36.7 Å². The van der Waals surface area contributed by atoms with E-state index in [0.717, 1.165) is 18.0 Å². The van der Waals surface area contributed by atoms with Crippen LogP contribution >= 0.6 is 0 Å². The SMILES string of the molecule is Cc1cc(N2CC(C)(C)C(=O)C(=Cc3cccc(N4CCOCC4)n3)C2c2ccc(C(F)(F)F)cc2)no1. The molecule has 1 unspecified atom stereocenters. The van der Waals surface area contributed by atoms with Crippen molar-refractivity contribution in [2.75, 3.05) is 42.6 Å². The number of benzene rings is 1. The second-order valence-corrected chi connectivity index (χ2v) is 10.3. The zero-order chi connectivity index (χ0) is 27.1. The molecule has 1 aromatic carbocycles. The van der Waals surface area contributed by atoms with Gasteiger partial charge in [-0.1, -0.05) is 37.2 Å². The Hall–Kier alpha value is -3.66. The highest BCUT2D eigenvalue weighted by Gasteiger charge is 2.45. The number of aromatic nitrogens is 2. The normalized spacial score (nSPS) is 21.3. The summed E-state index contributed by atoms with van der Waals surface area (Å²) in [5.41, 5.74) is 0.00990. The van der Waals surface area contributed by atoms with Crippen LogP contribution in [0.1, 0.15) is 42.5 Å². The summed E-state index contributed by atoms with van der Waals surface area (Å²) < 4.78 is 50.7. The van der Waals surface area contributed by atoms with E-state index in [9.17, 15) is 18.0 Å². The van der Waals surface area contributed by atoms with E-state index in [1.165, 1.54) is 12.1 Å². The molecule has 0 N–H and O–H groups in total. The van der Waals surface area contributed by atoms with Crippen LogP contribution in [-0.2, 0) is 15.7 Å². The quantitative estimate of drug-likeness (QED) is 0.417. The summed E-state index contributed by atoms with van der Waals surface area (Å²) in [5, 5.41) is 4.18. The number of carbonyl (C=O) groups is 1. The lowest BCUT2D eigenvalue weighted by molar-refractivity contribution is -0.137. The van der Waals surface area contributed by atoms with Crippen molar-refractivity contribution in [1.29, 1.82) is 0 Å². The van der Waals surface area contributed by atoms with Crippen LogP contribution in [0, 0.1) is 12.3 Å². The van der Waals surface area contributed by atoms with Crippen LogP contribution in [0.15, 0.2) is 58.6 Å². The molecule has 2 aliphatic heterocycles. The van der Waals surface area contributed by atoms with Crippen LogP contribution in [-0.4, -0.2) is 48.8 Å². The molecule has 2 aromatic heterocycles. The first kappa shape index (κ1) is 26.0. The lowest BCUT2D eigenvalue weighted by atomic mass is 9.74. The van der Waals surface area contributed by atoms with Gasteiger partial charge in [0.15, 0.2) is 11.6 Å². The Morgan fingerprint density at radius 2 is 1.76 bits per heavy atom. The smallest absolute Gasteiger partial charge is 0.378 e. The van der Waals surface area contributed by atoms with Gasteiger partial charge in [-0.15, -0.1) is 0 Å². The van der Waals surface area contributed by atoms with Crippen LogP contribution in [0.5, 0.6) is 0 Å². The van der Waals surface area contributed by atoms with Crippen molar-refractivity contribution < 1.29 is 27.2 Å². The molecule has 2 fully saturated rings. The zero-order valence-corrected chi connectivity index (χ0v) is 21.5. The van der Waals surface area contributed by atoms with Gasteiger partial charge in [-0.05, 0) is 42.8 Å². The number of ether oxygens (including phenoxy) is 1. The van der Waals surface area contributed by atoms with E-state index in [0.29, 0.717) is 61.3 Å². The van der Waals surface area contributed by atoms with Crippen molar-refractivity contribution >= 4 is 23.5 Å². The molecule has 1 atom stereocenters. The molecule has 0 radical (unpaired) electrons. The topological polar surface area (TPSA) is 71.7 Å². The van der Waals surface area contributed by atoms with Crippen molar-refractivity contribution in [3.63, 3.8) is 0 Å². The summed E-state index contributed by atoms with van der Waals surface area (Å²) in [7, 11) is 0. The highest BCUT2D eigenvalue weighted by molar-refractivity contribution is 6.06. The summed E-state index contributed by atoms with van der Waals surface area (Å²) in [4.78, 5) is 22.7. The Bertz CT molecular complexity index is 1340. The van der Waals surface area contributed by atoms with Gasteiger partial charge in [-0.2, -0.15) is 13.2 Å². The monoisotopic (exact) mass is 526 g/mol. The number of pyridine rings is 1. The first-order valence-electron chi connectivity index (χ1n) is 12.5. The number of alkyl halides is 3. The number of carbonyl (C=O) groups excluding carboxylic acids is 1. The minimum atomic E-state index is -4.46. The lowest BCUT2D eigenvalue weighted by Crippen LogP contribution is -2.49. The third-order valence-electron chi connectivity index (χ3n) is 6.91. The maximum atomic E-state index is 13.9. The molecule has 10 heteroatoms. The van der Waals surface area contributed by atoms with Crippen LogP contribution < -0.4 is 9.80 Å². The van der Waals surface area contributed by atoms with Gasteiger partial charge in [-0.25, -0.2) is 4.98 Å². The van der Waals surface area contributed by atoms with E-state index in [4.69, 9.17) is 14.2 Å². The number of anilines is 2. The number of hydrogen-bond acceptors (Lipinski definition) is 7. The summed E-state index contributed by atoms with van der Waals surface area (Å²) in [6.07, 6.45) is -2.72. The Kier molecular flexibility index (Phi) is 6.77. The largest absolute Gasteiger partial charge is 0.416 e. The maximum Gasteiger partial charge on any atom is 0.416 e. The summed E-state index contributed by atoms with van der Waals surface area (Å²) in [6, 6.07) is 11.6. The molecule has 0 spiro atoms. The van der Waals surface area contributed by atoms with Gasteiger partial charge < -0.3 is 19.1 Å². The molecule has 4 heterocycles. The second-order valence-electron chi connectivity index (χ2n) is 10.3. The minimum Gasteiger partial charge on any atom is -0.378 e. The molecular formula is C28H29F3N4O3. The van der Waals surface area contributed by atoms with Crippen LogP contribution in [0.3, 0.4) is 0 Å². The third kappa shape index (κ3) is 5.18. The summed E-state index contributed by atoms with van der Waals surface area (Å²) in [6.45, 7) is 8.43. The van der Waals surface area contributed by atoms with Gasteiger partial charge >= 0.3 is 6.18 Å². The van der Waals surface area contributed by atoms with Crippen molar-refractivity contribution in [2.45, 2.75) is 33.0 Å². The maximum absolute atomic E-state index is 13.9. The fourth-order valence-corrected chi connectivity index (χ4v) is 4.98. The van der Waals surface area contributed by atoms with Gasteiger partial charge in [0.25, 0.3) is 0 Å². The molecular weight excluding hydrogens is 497 g/mol. The second kappa shape index (κ2) is 9.90. The number of piperidine rings is 1. The first-order chi connectivity index (χ1) is 18.0. The fourth-order valence-electron chi connectivity index (χ4n) is 4.98. The molecule has 0 bridgehead atoms. The van der Waals surface area contributed by atoms with Crippen molar-refractivity contribution in [3.8, 4) is 0 Å². The van der Waals surface area contributed by atoms with Gasteiger partial charge in [0.1, 0.15) is 11.6 Å². The van der Waals surface area contributed by atoms with E-state index >= 15 is 0 Å². The number of aryl methyl sites for hydroxylation is 1. The minimum absolute atomic E-state index is 0.0996. The highest BCUT2D eigenvalue weighted by atomic mass is 19.4. The number of Topliss-reactive ketones (excluding diaryl/α,β-unsaturated/α-hetero) is 1. The van der Waals surface area contributed by atoms with Gasteiger partial charge in [-0.3, -0.25) is 4.79 Å².